The molecule has 1 aliphatic carbocycles. The van der Waals surface area contributed by atoms with Crippen molar-refractivity contribution < 1.29 is 44.0 Å². The lowest BCUT2D eigenvalue weighted by molar-refractivity contribution is -0.220. The first-order valence-corrected chi connectivity index (χ1v) is 8.16. The van der Waals surface area contributed by atoms with E-state index in [2.05, 4.69) is 4.52 Å². The Morgan fingerprint density at radius 2 is 1.43 bits per heavy atom. The molecule has 126 valence electrons. The van der Waals surface area contributed by atoms with Crippen LogP contribution >= 0.6 is 7.82 Å². The Bertz CT molecular complexity index is 363. The number of phosphoric acid groups is 1. The van der Waals surface area contributed by atoms with Crippen LogP contribution in [0.15, 0.2) is 0 Å². The first-order chi connectivity index (χ1) is 9.60. The van der Waals surface area contributed by atoms with Crippen molar-refractivity contribution in [2.24, 2.45) is 5.92 Å². The van der Waals surface area contributed by atoms with Crippen molar-refractivity contribution in [1.82, 2.24) is 0 Å². The predicted octanol–water partition coefficient (Wildman–Crippen LogP) is -1.65. The van der Waals surface area contributed by atoms with E-state index in [9.17, 15) is 35.0 Å². The largest absolute Gasteiger partial charge is 0.472 e. The molecule has 5 unspecified atom stereocenters. The van der Waals surface area contributed by atoms with Gasteiger partial charge in [0.15, 0.2) is 0 Å². The number of aliphatic hydroxyl groups excluding tert-OH is 5. The number of hydrogen-bond donors (Lipinski definition) is 6. The molecule has 0 aromatic carbocycles. The van der Waals surface area contributed by atoms with Crippen LogP contribution in [0.2, 0.25) is 0 Å². The zero-order valence-electron chi connectivity index (χ0n) is 11.8. The van der Waals surface area contributed by atoms with Gasteiger partial charge in [-0.2, -0.15) is 0 Å². The first kappa shape index (κ1) is 19.0. The predicted molar refractivity (Wildman–Crippen MR) is 70.1 cm³/mol. The molecule has 1 saturated carbocycles. The fourth-order valence-corrected chi connectivity index (χ4v) is 2.91. The number of aliphatic hydroxyl groups is 5. The van der Waals surface area contributed by atoms with Crippen LogP contribution in [0.4, 0.5) is 0 Å². The van der Waals surface area contributed by atoms with Crippen LogP contribution in [0.5, 0.6) is 0 Å². The molecule has 9 nitrogen and oxygen atoms in total. The summed E-state index contributed by atoms with van der Waals surface area (Å²) in [6.45, 7) is 3.57. The summed E-state index contributed by atoms with van der Waals surface area (Å²) in [6, 6.07) is 0. The molecule has 0 aromatic rings. The molecule has 0 aromatic heterocycles. The van der Waals surface area contributed by atoms with Gasteiger partial charge < -0.3 is 30.4 Å². The Hall–Kier alpha value is -0.0900. The minimum absolute atomic E-state index is 0.00622. The summed E-state index contributed by atoms with van der Waals surface area (Å²) >= 11 is 0. The van der Waals surface area contributed by atoms with Crippen molar-refractivity contribution in [3.8, 4) is 0 Å². The fraction of sp³-hybridized carbons (Fsp3) is 1.00. The summed E-state index contributed by atoms with van der Waals surface area (Å²) in [6.07, 6.45) is -10.2. The highest BCUT2D eigenvalue weighted by molar-refractivity contribution is 7.47. The van der Waals surface area contributed by atoms with Gasteiger partial charge in [0.1, 0.15) is 36.6 Å². The third-order valence-corrected chi connectivity index (χ3v) is 4.53. The topological polar surface area (TPSA) is 157 Å². The molecular formula is C11H23O9P. The number of phosphoric ester groups is 1. The van der Waals surface area contributed by atoms with E-state index in [1.54, 1.807) is 6.92 Å². The summed E-state index contributed by atoms with van der Waals surface area (Å²) in [5.74, 6) is -0.00622. The van der Waals surface area contributed by atoms with E-state index in [0.29, 0.717) is 6.42 Å². The quantitative estimate of drug-likeness (QED) is 0.314. The summed E-state index contributed by atoms with van der Waals surface area (Å²) in [5, 5.41) is 47.7. The standard InChI is InChI=1S/C11H23O9P/c1-3-5(2)4-19-21(17,18)20-11-9(15)7(13)6(12)8(14)10(11)16/h5-16H,3-4H2,1-2H3,(H,17,18)/t5-,6?,7?,8?,9?,10?,11?/m0/s1. The molecule has 0 aliphatic heterocycles. The third kappa shape index (κ3) is 4.69. The lowest BCUT2D eigenvalue weighted by atomic mass is 9.85. The highest BCUT2D eigenvalue weighted by Crippen LogP contribution is 2.47. The normalized spacial score (nSPS) is 41.5. The van der Waals surface area contributed by atoms with Crippen LogP contribution in [-0.2, 0) is 13.6 Å². The molecule has 0 heterocycles. The van der Waals surface area contributed by atoms with E-state index in [-0.39, 0.29) is 12.5 Å². The van der Waals surface area contributed by atoms with Crippen LogP contribution in [0.1, 0.15) is 20.3 Å². The van der Waals surface area contributed by atoms with Crippen molar-refractivity contribution >= 4 is 7.82 Å². The van der Waals surface area contributed by atoms with Crippen LogP contribution in [-0.4, -0.2) is 73.7 Å². The van der Waals surface area contributed by atoms with Gasteiger partial charge in [-0.25, -0.2) is 4.57 Å². The SMILES string of the molecule is CC[C@H](C)COP(=O)(O)OC1C(O)C(O)C(O)C(O)C1O. The summed E-state index contributed by atoms with van der Waals surface area (Å²) in [4.78, 5) is 9.55. The molecule has 21 heavy (non-hydrogen) atoms. The van der Waals surface area contributed by atoms with Crippen LogP contribution in [0.3, 0.4) is 0 Å². The van der Waals surface area contributed by atoms with Crippen molar-refractivity contribution in [3.05, 3.63) is 0 Å². The Balaban J connectivity index is 2.72. The van der Waals surface area contributed by atoms with Crippen LogP contribution in [0, 0.1) is 5.92 Å². The Morgan fingerprint density at radius 3 is 1.86 bits per heavy atom. The van der Waals surface area contributed by atoms with Crippen molar-refractivity contribution in [2.75, 3.05) is 6.61 Å². The average molecular weight is 330 g/mol. The first-order valence-electron chi connectivity index (χ1n) is 6.66. The zero-order valence-corrected chi connectivity index (χ0v) is 12.7. The maximum atomic E-state index is 11.8. The van der Waals surface area contributed by atoms with Gasteiger partial charge in [-0.1, -0.05) is 20.3 Å². The summed E-state index contributed by atoms with van der Waals surface area (Å²) in [5.41, 5.74) is 0. The molecule has 1 fully saturated rings. The van der Waals surface area contributed by atoms with Gasteiger partial charge in [0.2, 0.25) is 0 Å². The Kier molecular flexibility index (Phi) is 6.73. The second-order valence-corrected chi connectivity index (χ2v) is 6.71. The highest BCUT2D eigenvalue weighted by Gasteiger charge is 2.51. The molecule has 0 amide bonds. The molecule has 10 heteroatoms. The van der Waals surface area contributed by atoms with E-state index in [1.165, 1.54) is 0 Å². The molecule has 0 saturated heterocycles. The van der Waals surface area contributed by atoms with E-state index < -0.39 is 44.4 Å². The fourth-order valence-electron chi connectivity index (χ4n) is 1.84. The summed E-state index contributed by atoms with van der Waals surface area (Å²) in [7, 11) is -4.60. The molecule has 6 atom stereocenters. The van der Waals surface area contributed by atoms with Crippen molar-refractivity contribution in [2.45, 2.75) is 56.9 Å². The molecule has 0 bridgehead atoms. The van der Waals surface area contributed by atoms with Crippen molar-refractivity contribution in [1.29, 1.82) is 0 Å². The molecule has 0 radical (unpaired) electrons. The monoisotopic (exact) mass is 330 g/mol. The molecule has 6 N–H and O–H groups in total. The lowest BCUT2D eigenvalue weighted by Gasteiger charge is -2.41. The van der Waals surface area contributed by atoms with E-state index in [1.807, 2.05) is 6.92 Å². The number of hydrogen-bond acceptors (Lipinski definition) is 8. The average Bonchev–Trinajstić information content (AvgIpc) is 2.45. The van der Waals surface area contributed by atoms with Gasteiger partial charge in [-0.05, 0) is 5.92 Å². The third-order valence-electron chi connectivity index (χ3n) is 3.55. The minimum atomic E-state index is -4.60. The van der Waals surface area contributed by atoms with Crippen LogP contribution in [0.25, 0.3) is 0 Å². The number of rotatable bonds is 6. The Morgan fingerprint density at radius 1 is 1.00 bits per heavy atom. The smallest absolute Gasteiger partial charge is 0.387 e. The minimum Gasteiger partial charge on any atom is -0.387 e. The van der Waals surface area contributed by atoms with Gasteiger partial charge in [-0.3, -0.25) is 9.05 Å². The molecule has 1 rings (SSSR count). The van der Waals surface area contributed by atoms with Gasteiger partial charge >= 0.3 is 7.82 Å². The maximum Gasteiger partial charge on any atom is 0.472 e. The van der Waals surface area contributed by atoms with E-state index >= 15 is 0 Å². The maximum absolute atomic E-state index is 11.8. The molecule has 0 spiro atoms. The molecular weight excluding hydrogens is 307 g/mol. The van der Waals surface area contributed by atoms with Gasteiger partial charge in [0.05, 0.1) is 6.61 Å². The Labute approximate surface area is 122 Å². The zero-order chi connectivity index (χ0) is 16.4. The van der Waals surface area contributed by atoms with E-state index in [0.717, 1.165) is 0 Å². The van der Waals surface area contributed by atoms with Gasteiger partial charge in [0.25, 0.3) is 0 Å². The van der Waals surface area contributed by atoms with E-state index in [4.69, 9.17) is 4.52 Å². The summed E-state index contributed by atoms with van der Waals surface area (Å²) < 4.78 is 21.1. The van der Waals surface area contributed by atoms with Gasteiger partial charge in [-0.15, -0.1) is 0 Å². The van der Waals surface area contributed by atoms with Crippen molar-refractivity contribution in [3.63, 3.8) is 0 Å². The second kappa shape index (κ2) is 7.45. The van der Waals surface area contributed by atoms with Crippen LogP contribution < -0.4 is 0 Å². The van der Waals surface area contributed by atoms with Gasteiger partial charge in [0, 0.05) is 0 Å². The highest BCUT2D eigenvalue weighted by atomic mass is 31.2. The lowest BCUT2D eigenvalue weighted by Crippen LogP contribution is -2.64. The molecule has 1 aliphatic rings. The second-order valence-electron chi connectivity index (χ2n) is 5.30.